The zero-order valence-corrected chi connectivity index (χ0v) is 18.7. The molecule has 5 aromatic rings. The maximum atomic E-state index is 13.2. The fraction of sp³-hybridized carbons (Fsp3) is 0.111. The van der Waals surface area contributed by atoms with Gasteiger partial charge in [0.05, 0.1) is 25.4 Å². The number of pyridine rings is 1. The van der Waals surface area contributed by atoms with E-state index in [1.54, 1.807) is 38.5 Å². The molecule has 0 aliphatic heterocycles. The van der Waals surface area contributed by atoms with E-state index in [0.29, 0.717) is 17.2 Å². The lowest BCUT2D eigenvalue weighted by Gasteiger charge is -2.12. The highest BCUT2D eigenvalue weighted by Crippen LogP contribution is 2.38. The lowest BCUT2D eigenvalue weighted by Crippen LogP contribution is -2.24. The number of benzene rings is 3. The van der Waals surface area contributed by atoms with Crippen molar-refractivity contribution in [1.29, 1.82) is 0 Å². The molecule has 0 radical (unpaired) electrons. The van der Waals surface area contributed by atoms with Crippen LogP contribution in [-0.4, -0.2) is 30.1 Å². The molecule has 1 amide bonds. The molecular formula is C27H22FN3O3. The maximum Gasteiger partial charge on any atom is 0.270 e. The summed E-state index contributed by atoms with van der Waals surface area (Å²) in [6.07, 6.45) is 0. The number of H-pyrrole nitrogens is 1. The molecule has 0 bridgehead atoms. The van der Waals surface area contributed by atoms with Crippen molar-refractivity contribution in [3.05, 3.63) is 89.9 Å². The van der Waals surface area contributed by atoms with E-state index in [4.69, 9.17) is 14.5 Å². The second-order valence-corrected chi connectivity index (χ2v) is 7.82. The van der Waals surface area contributed by atoms with Crippen LogP contribution in [0.3, 0.4) is 0 Å². The molecule has 0 spiro atoms. The second-order valence-electron chi connectivity index (χ2n) is 7.82. The van der Waals surface area contributed by atoms with Crippen molar-refractivity contribution < 1.29 is 18.7 Å². The first-order chi connectivity index (χ1) is 16.6. The number of aromatic amines is 1. The van der Waals surface area contributed by atoms with Crippen LogP contribution in [0.5, 0.6) is 11.5 Å². The van der Waals surface area contributed by atoms with E-state index in [2.05, 4.69) is 10.3 Å². The monoisotopic (exact) mass is 455 g/mol. The first kappa shape index (κ1) is 21.5. The van der Waals surface area contributed by atoms with Gasteiger partial charge in [0.25, 0.3) is 5.91 Å². The Morgan fingerprint density at radius 3 is 2.53 bits per heavy atom. The van der Waals surface area contributed by atoms with Gasteiger partial charge in [-0.1, -0.05) is 30.3 Å². The van der Waals surface area contributed by atoms with Crippen LogP contribution in [0.25, 0.3) is 33.1 Å². The number of amides is 1. The van der Waals surface area contributed by atoms with Gasteiger partial charge >= 0.3 is 0 Å². The van der Waals surface area contributed by atoms with Gasteiger partial charge in [-0.05, 0) is 42.0 Å². The van der Waals surface area contributed by atoms with Crippen molar-refractivity contribution in [3.8, 4) is 22.8 Å². The zero-order valence-electron chi connectivity index (χ0n) is 18.7. The highest BCUT2D eigenvalue weighted by molar-refractivity contribution is 6.13. The number of rotatable bonds is 6. The number of carbonyl (C=O) groups is 1. The number of para-hydroxylation sites is 1. The number of ether oxygens (including phenoxy) is 2. The quantitative estimate of drug-likeness (QED) is 0.356. The molecule has 170 valence electrons. The van der Waals surface area contributed by atoms with Gasteiger partial charge < -0.3 is 19.8 Å². The first-order valence-electron chi connectivity index (χ1n) is 10.7. The summed E-state index contributed by atoms with van der Waals surface area (Å²) in [5.74, 6) is 0.585. The number of nitrogens with zero attached hydrogens (tertiary/aromatic N) is 1. The minimum atomic E-state index is -0.328. The normalized spacial score (nSPS) is 11.0. The van der Waals surface area contributed by atoms with Gasteiger partial charge in [-0.25, -0.2) is 9.37 Å². The summed E-state index contributed by atoms with van der Waals surface area (Å²) in [7, 11) is 3.18. The van der Waals surface area contributed by atoms with Crippen molar-refractivity contribution in [2.45, 2.75) is 6.54 Å². The average Bonchev–Trinajstić information content (AvgIpc) is 3.26. The number of hydrogen-bond acceptors (Lipinski definition) is 4. The van der Waals surface area contributed by atoms with Gasteiger partial charge in [-0.15, -0.1) is 0 Å². The Bertz CT molecular complexity index is 1510. The van der Waals surface area contributed by atoms with E-state index in [1.807, 2.05) is 36.4 Å². The smallest absolute Gasteiger partial charge is 0.270 e. The largest absolute Gasteiger partial charge is 0.497 e. The Hall–Kier alpha value is -4.39. The summed E-state index contributed by atoms with van der Waals surface area (Å²) in [6, 6.07) is 21.2. The molecular weight excluding hydrogens is 433 g/mol. The van der Waals surface area contributed by atoms with Crippen molar-refractivity contribution in [2.75, 3.05) is 14.2 Å². The zero-order chi connectivity index (χ0) is 23.7. The second kappa shape index (κ2) is 8.86. The summed E-state index contributed by atoms with van der Waals surface area (Å²) in [6.45, 7) is 0.258. The average molecular weight is 455 g/mol. The van der Waals surface area contributed by atoms with E-state index in [0.717, 1.165) is 32.9 Å². The number of nitrogens with one attached hydrogen (secondary N) is 2. The molecule has 7 heteroatoms. The van der Waals surface area contributed by atoms with Gasteiger partial charge in [0.1, 0.15) is 23.0 Å². The summed E-state index contributed by atoms with van der Waals surface area (Å²) in [5, 5.41) is 4.75. The Labute approximate surface area is 195 Å². The van der Waals surface area contributed by atoms with Crippen LogP contribution >= 0.6 is 0 Å². The highest BCUT2D eigenvalue weighted by Gasteiger charge is 2.19. The third-order valence-electron chi connectivity index (χ3n) is 5.76. The molecule has 6 nitrogen and oxygen atoms in total. The highest BCUT2D eigenvalue weighted by atomic mass is 19.1. The fourth-order valence-electron chi connectivity index (χ4n) is 4.03. The van der Waals surface area contributed by atoms with E-state index < -0.39 is 0 Å². The third kappa shape index (κ3) is 3.92. The maximum absolute atomic E-state index is 13.2. The number of carbonyl (C=O) groups excluding carboxylic acids is 1. The lowest BCUT2D eigenvalue weighted by atomic mass is 10.0. The van der Waals surface area contributed by atoms with Crippen LogP contribution in [0.2, 0.25) is 0 Å². The standard InChI is InChI=1S/C27H22FN3O3/c1-33-18-11-12-20(24(13-18)34-2)25-26-21(19-5-3-4-6-22(19)30-26)14-23(31-25)27(32)29-15-16-7-9-17(28)10-8-16/h3-14,30H,15H2,1-2H3,(H,29,32). The van der Waals surface area contributed by atoms with Crippen LogP contribution < -0.4 is 14.8 Å². The van der Waals surface area contributed by atoms with E-state index >= 15 is 0 Å². The summed E-state index contributed by atoms with van der Waals surface area (Å²) in [4.78, 5) is 21.3. The van der Waals surface area contributed by atoms with Gasteiger partial charge in [0.15, 0.2) is 0 Å². The SMILES string of the molecule is COc1ccc(-c2nc(C(=O)NCc3ccc(F)cc3)cc3c2[nH]c2ccccc23)c(OC)c1. The third-order valence-corrected chi connectivity index (χ3v) is 5.76. The molecule has 2 aromatic heterocycles. The van der Waals surface area contributed by atoms with Gasteiger partial charge in [-0.2, -0.15) is 0 Å². The molecule has 5 rings (SSSR count). The first-order valence-corrected chi connectivity index (χ1v) is 10.7. The van der Waals surface area contributed by atoms with Crippen LogP contribution in [0.1, 0.15) is 16.1 Å². The Kier molecular flexibility index (Phi) is 5.59. The molecule has 0 atom stereocenters. The summed E-state index contributed by atoms with van der Waals surface area (Å²) < 4.78 is 24.1. The predicted molar refractivity (Wildman–Crippen MR) is 130 cm³/mol. The Balaban J connectivity index is 1.63. The number of aromatic nitrogens is 2. The van der Waals surface area contributed by atoms with E-state index in [1.165, 1.54) is 12.1 Å². The van der Waals surface area contributed by atoms with Crippen LogP contribution in [0.4, 0.5) is 4.39 Å². The molecule has 0 aliphatic rings. The molecule has 2 N–H and O–H groups in total. The van der Waals surface area contributed by atoms with Crippen molar-refractivity contribution >= 4 is 27.7 Å². The fourth-order valence-corrected chi connectivity index (χ4v) is 4.03. The molecule has 3 aromatic carbocycles. The van der Waals surface area contributed by atoms with Gasteiger partial charge in [0, 0.05) is 34.5 Å². The number of halogens is 1. The van der Waals surface area contributed by atoms with Gasteiger partial charge in [-0.3, -0.25) is 4.79 Å². The lowest BCUT2D eigenvalue weighted by molar-refractivity contribution is 0.0946. The van der Waals surface area contributed by atoms with E-state index in [9.17, 15) is 9.18 Å². The molecule has 0 aliphatic carbocycles. The molecule has 0 fully saturated rings. The summed E-state index contributed by atoms with van der Waals surface area (Å²) in [5.41, 5.74) is 4.14. The van der Waals surface area contributed by atoms with Crippen LogP contribution in [0, 0.1) is 5.82 Å². The van der Waals surface area contributed by atoms with Crippen LogP contribution in [0.15, 0.2) is 72.8 Å². The van der Waals surface area contributed by atoms with Crippen molar-refractivity contribution in [3.63, 3.8) is 0 Å². The Morgan fingerprint density at radius 2 is 1.76 bits per heavy atom. The molecule has 0 unspecified atom stereocenters. The van der Waals surface area contributed by atoms with Gasteiger partial charge in [0.2, 0.25) is 0 Å². The van der Waals surface area contributed by atoms with Crippen LogP contribution in [-0.2, 0) is 6.54 Å². The van der Waals surface area contributed by atoms with Crippen molar-refractivity contribution in [2.24, 2.45) is 0 Å². The predicted octanol–water partition coefficient (Wildman–Crippen LogP) is 5.47. The van der Waals surface area contributed by atoms with E-state index in [-0.39, 0.29) is 24.0 Å². The molecule has 0 saturated heterocycles. The molecule has 34 heavy (non-hydrogen) atoms. The molecule has 2 heterocycles. The number of methoxy groups -OCH3 is 2. The minimum absolute atomic E-state index is 0.258. The number of fused-ring (bicyclic) bond motifs is 3. The minimum Gasteiger partial charge on any atom is -0.497 e. The van der Waals surface area contributed by atoms with Crippen molar-refractivity contribution in [1.82, 2.24) is 15.3 Å². The number of hydrogen-bond donors (Lipinski definition) is 2. The topological polar surface area (TPSA) is 76.2 Å². The summed E-state index contributed by atoms with van der Waals surface area (Å²) >= 11 is 0. The Morgan fingerprint density at radius 1 is 0.971 bits per heavy atom. The molecule has 0 saturated carbocycles.